The number of aliphatic carboxylic acids is 2. The van der Waals surface area contributed by atoms with Gasteiger partial charge in [0.1, 0.15) is 24.7 Å². The van der Waals surface area contributed by atoms with Crippen molar-refractivity contribution in [3.63, 3.8) is 0 Å². The number of fused-ring (bicyclic) bond motifs is 4. The van der Waals surface area contributed by atoms with E-state index < -0.39 is 24.1 Å². The average molecular weight is 957 g/mol. The molecule has 12 nitrogen and oxygen atoms in total. The van der Waals surface area contributed by atoms with Gasteiger partial charge in [-0.1, -0.05) is 96.3 Å². The van der Waals surface area contributed by atoms with E-state index in [4.69, 9.17) is 18.9 Å². The molecule has 356 valence electrons. The van der Waals surface area contributed by atoms with E-state index in [2.05, 4.69) is 117 Å². The van der Waals surface area contributed by atoms with Crippen LogP contribution in [-0.2, 0) is 31.9 Å². The van der Waals surface area contributed by atoms with E-state index in [-0.39, 0.29) is 0 Å². The number of nitrogens with one attached hydrogen (secondary N) is 2. The summed E-state index contributed by atoms with van der Waals surface area (Å²) in [6.45, 7) is 11.4. The van der Waals surface area contributed by atoms with Crippen molar-refractivity contribution in [3.05, 3.63) is 157 Å². The van der Waals surface area contributed by atoms with Crippen molar-refractivity contribution in [1.82, 2.24) is 10.6 Å². The van der Waals surface area contributed by atoms with Crippen LogP contribution in [-0.4, -0.2) is 100 Å². The smallest absolute Gasteiger partial charge is 0.333 e. The van der Waals surface area contributed by atoms with Gasteiger partial charge in [-0.25, -0.2) is 9.59 Å². The van der Waals surface area contributed by atoms with Crippen molar-refractivity contribution in [2.75, 3.05) is 75.5 Å². The first-order chi connectivity index (χ1) is 33.3. The summed E-state index contributed by atoms with van der Waals surface area (Å²) >= 11 is 3.59. The molecule has 9 rings (SSSR count). The molecule has 0 saturated carbocycles. The third kappa shape index (κ3) is 14.0. The molecule has 6 aromatic carbocycles. The highest BCUT2D eigenvalue weighted by molar-refractivity contribution is 8.00. The lowest BCUT2D eigenvalue weighted by Crippen LogP contribution is -2.39. The molecule has 0 aromatic heterocycles. The maximum Gasteiger partial charge on any atom is 0.333 e. The molecule has 2 unspecified atom stereocenters. The Bertz CT molecular complexity index is 2250. The molecule has 1 fully saturated rings. The third-order valence-electron chi connectivity index (χ3n) is 11.2. The molecule has 4 N–H and O–H groups in total. The van der Waals surface area contributed by atoms with Gasteiger partial charge < -0.3 is 49.6 Å². The Labute approximate surface area is 408 Å². The third-order valence-corrected chi connectivity index (χ3v) is 13.4. The van der Waals surface area contributed by atoms with Gasteiger partial charge in [-0.05, 0) is 97.8 Å². The first kappa shape index (κ1) is 49.9. The molecular formula is C54H60N4O8S2. The summed E-state index contributed by atoms with van der Waals surface area (Å²) in [7, 11) is 0. The number of rotatable bonds is 18. The number of para-hydroxylation sites is 4. The second-order valence-corrected chi connectivity index (χ2v) is 18.0. The van der Waals surface area contributed by atoms with Crippen molar-refractivity contribution in [2.24, 2.45) is 0 Å². The lowest BCUT2D eigenvalue weighted by atomic mass is 10.1. The van der Waals surface area contributed by atoms with Crippen LogP contribution < -0.4 is 29.9 Å². The summed E-state index contributed by atoms with van der Waals surface area (Å²) in [5.41, 5.74) is 6.59. The van der Waals surface area contributed by atoms with Crippen molar-refractivity contribution in [1.29, 1.82) is 0 Å². The lowest BCUT2D eigenvalue weighted by molar-refractivity contribution is -0.150. The maximum absolute atomic E-state index is 11.3. The molecule has 3 aliphatic rings. The maximum atomic E-state index is 11.3. The van der Waals surface area contributed by atoms with Crippen LogP contribution in [0.25, 0.3) is 0 Å². The van der Waals surface area contributed by atoms with Crippen LogP contribution in [0.3, 0.4) is 0 Å². The second kappa shape index (κ2) is 25.9. The van der Waals surface area contributed by atoms with E-state index in [9.17, 15) is 19.8 Å². The Morgan fingerprint density at radius 1 is 0.500 bits per heavy atom. The monoisotopic (exact) mass is 956 g/mol. The van der Waals surface area contributed by atoms with Gasteiger partial charge in [0.05, 0.1) is 35.8 Å². The average Bonchev–Trinajstić information content (AvgIpc) is 3.37. The predicted molar refractivity (Wildman–Crippen MR) is 271 cm³/mol. The molecule has 0 radical (unpaired) electrons. The lowest BCUT2D eigenvalue weighted by Gasteiger charge is -2.32. The fourth-order valence-electron chi connectivity index (χ4n) is 7.87. The van der Waals surface area contributed by atoms with Gasteiger partial charge in [0.2, 0.25) is 0 Å². The SMILES string of the molecule is C1CNCCN1.CCOC(Cc1ccc(OCCN2c3ccccc3Sc3ccccc32)cc1)C(=O)O.CCOC(Cc1ccc(OCCN2c3ccccc3Sc3ccccc32)cc1)C(=O)O. The van der Waals surface area contributed by atoms with Crippen LogP contribution in [0.1, 0.15) is 25.0 Å². The molecule has 0 amide bonds. The summed E-state index contributed by atoms with van der Waals surface area (Å²) in [6, 6.07) is 48.8. The summed E-state index contributed by atoms with van der Waals surface area (Å²) in [5, 5.41) is 24.9. The Hall–Kier alpha value is -6.00. The Morgan fingerprint density at radius 3 is 1.09 bits per heavy atom. The van der Waals surface area contributed by atoms with E-state index in [0.717, 1.165) is 61.9 Å². The van der Waals surface area contributed by atoms with Gasteiger partial charge >= 0.3 is 11.9 Å². The van der Waals surface area contributed by atoms with Crippen LogP contribution in [0.2, 0.25) is 0 Å². The Balaban J connectivity index is 0.000000179. The topological polar surface area (TPSA) is 142 Å². The van der Waals surface area contributed by atoms with Gasteiger partial charge in [0.25, 0.3) is 0 Å². The molecule has 68 heavy (non-hydrogen) atoms. The molecule has 3 heterocycles. The normalized spacial score (nSPS) is 14.2. The zero-order valence-electron chi connectivity index (χ0n) is 38.6. The minimum absolute atomic E-state index is 0.336. The zero-order chi connectivity index (χ0) is 47.5. The molecule has 0 bridgehead atoms. The summed E-state index contributed by atoms with van der Waals surface area (Å²) in [5.74, 6) is -0.357. The molecule has 0 spiro atoms. The minimum atomic E-state index is -0.942. The van der Waals surface area contributed by atoms with Crippen molar-refractivity contribution in [2.45, 2.75) is 58.5 Å². The van der Waals surface area contributed by atoms with E-state index in [0.29, 0.717) is 39.3 Å². The van der Waals surface area contributed by atoms with E-state index in [1.54, 1.807) is 37.4 Å². The molecule has 1 saturated heterocycles. The first-order valence-corrected chi connectivity index (χ1v) is 24.7. The number of carboxylic acid groups (broad SMARTS) is 2. The fourth-order valence-corrected chi connectivity index (χ4v) is 10.1. The van der Waals surface area contributed by atoms with E-state index >= 15 is 0 Å². The van der Waals surface area contributed by atoms with Crippen molar-refractivity contribution in [3.8, 4) is 11.5 Å². The van der Waals surface area contributed by atoms with Crippen molar-refractivity contribution >= 4 is 58.2 Å². The zero-order valence-corrected chi connectivity index (χ0v) is 40.2. The summed E-state index contributed by atoms with van der Waals surface area (Å²) < 4.78 is 22.6. The molecule has 2 atom stereocenters. The van der Waals surface area contributed by atoms with Gasteiger partial charge in [-0.3, -0.25) is 0 Å². The summed E-state index contributed by atoms with van der Waals surface area (Å²) in [6.07, 6.45) is -0.979. The summed E-state index contributed by atoms with van der Waals surface area (Å²) in [4.78, 5) is 32.1. The van der Waals surface area contributed by atoms with Crippen LogP contribution in [0.5, 0.6) is 11.5 Å². The molecule has 6 aromatic rings. The number of benzene rings is 6. The number of anilines is 4. The number of piperazine rings is 1. The van der Waals surface area contributed by atoms with Crippen LogP contribution in [0.4, 0.5) is 22.7 Å². The first-order valence-electron chi connectivity index (χ1n) is 23.1. The fraction of sp³-hybridized carbons (Fsp3) is 0.296. The van der Waals surface area contributed by atoms with Crippen LogP contribution in [0, 0.1) is 0 Å². The number of nitrogens with zero attached hydrogens (tertiary/aromatic N) is 2. The highest BCUT2D eigenvalue weighted by Gasteiger charge is 2.25. The van der Waals surface area contributed by atoms with Gasteiger partial charge in [0, 0.05) is 71.8 Å². The molecule has 14 heteroatoms. The van der Waals surface area contributed by atoms with Crippen LogP contribution >= 0.6 is 23.5 Å². The Kier molecular flexibility index (Phi) is 19.0. The number of hydrogen-bond donors (Lipinski definition) is 4. The molecular weight excluding hydrogens is 897 g/mol. The standard InChI is InChI=1S/2C25H25NO4S.C4H10N2/c2*1-2-29-22(25(27)28)17-18-11-13-19(14-12-18)30-16-15-26-20-7-3-5-9-23(20)31-24-10-6-4-8-21(24)26;1-2-6-4-3-5-1/h2*3-14,22H,2,15-17H2,1H3,(H,27,28);5-6H,1-4H2. The highest BCUT2D eigenvalue weighted by atomic mass is 32.2. The van der Waals surface area contributed by atoms with Crippen LogP contribution in [0.15, 0.2) is 165 Å². The minimum Gasteiger partial charge on any atom is -0.492 e. The number of hydrogen-bond acceptors (Lipinski definition) is 12. The number of carboxylic acids is 2. The predicted octanol–water partition coefficient (Wildman–Crippen LogP) is 9.98. The largest absolute Gasteiger partial charge is 0.492 e. The highest BCUT2D eigenvalue weighted by Crippen LogP contribution is 2.49. The number of carbonyl (C=O) groups is 2. The molecule has 3 aliphatic heterocycles. The van der Waals surface area contributed by atoms with Crippen molar-refractivity contribution < 1.29 is 38.7 Å². The molecule has 0 aliphatic carbocycles. The van der Waals surface area contributed by atoms with Gasteiger partial charge in [-0.15, -0.1) is 0 Å². The number of ether oxygens (including phenoxy) is 4. The quantitative estimate of drug-likeness (QED) is 0.0649. The van der Waals surface area contributed by atoms with Gasteiger partial charge in [0.15, 0.2) is 12.2 Å². The van der Waals surface area contributed by atoms with Gasteiger partial charge in [-0.2, -0.15) is 0 Å². The second-order valence-electron chi connectivity index (χ2n) is 15.8. The van der Waals surface area contributed by atoms with E-state index in [1.165, 1.54) is 42.3 Å². The van der Waals surface area contributed by atoms with E-state index in [1.807, 2.05) is 48.5 Å². The Morgan fingerprint density at radius 2 is 0.809 bits per heavy atom.